The Morgan fingerprint density at radius 3 is 2.50 bits per heavy atom. The zero-order valence-electron chi connectivity index (χ0n) is 8.50. The number of hydrogen-bond donors (Lipinski definition) is 1. The monoisotopic (exact) mass is 191 g/mol. The highest BCUT2D eigenvalue weighted by molar-refractivity contribution is 5.32. The average Bonchev–Trinajstić information content (AvgIpc) is 2.61. The molecule has 0 saturated heterocycles. The molecule has 0 amide bonds. The molecule has 0 bridgehead atoms. The minimum Gasteiger partial charge on any atom is -0.400 e. The molecule has 1 fully saturated rings. The highest BCUT2D eigenvalue weighted by Crippen LogP contribution is 2.26. The largest absolute Gasteiger partial charge is 0.400 e. The van der Waals surface area contributed by atoms with Crippen molar-refractivity contribution in [2.75, 3.05) is 13.1 Å². The van der Waals surface area contributed by atoms with Crippen LogP contribution < -0.4 is 5.73 Å². The summed E-state index contributed by atoms with van der Waals surface area (Å²) in [5.74, 6) is 0. The Hall–Kier alpha value is -1.01. The lowest BCUT2D eigenvalue weighted by atomic mass is 9.94. The first-order valence-electron chi connectivity index (χ1n) is 5.43. The Labute approximate surface area is 85.2 Å². The molecule has 0 atom stereocenters. The molecule has 0 spiro atoms. The Balaban J connectivity index is 1.94. The SMILES string of the molecule is N#CC1=C(N)CN(C2CCCCC2)C1. The van der Waals surface area contributed by atoms with Crippen LogP contribution in [0.4, 0.5) is 0 Å². The lowest BCUT2D eigenvalue weighted by Crippen LogP contribution is -2.35. The zero-order valence-corrected chi connectivity index (χ0v) is 8.50. The molecule has 0 aromatic rings. The van der Waals surface area contributed by atoms with Crippen molar-refractivity contribution in [2.24, 2.45) is 5.73 Å². The van der Waals surface area contributed by atoms with Gasteiger partial charge in [-0.05, 0) is 12.8 Å². The molecular formula is C11H17N3. The van der Waals surface area contributed by atoms with E-state index in [1.165, 1.54) is 32.1 Å². The minimum absolute atomic E-state index is 0.674. The first-order valence-corrected chi connectivity index (χ1v) is 5.43. The van der Waals surface area contributed by atoms with Crippen LogP contribution in [0.15, 0.2) is 11.3 Å². The fraction of sp³-hybridized carbons (Fsp3) is 0.727. The summed E-state index contributed by atoms with van der Waals surface area (Å²) in [5.41, 5.74) is 7.38. The molecule has 1 aliphatic carbocycles. The topological polar surface area (TPSA) is 53.1 Å². The fourth-order valence-electron chi connectivity index (χ4n) is 2.49. The van der Waals surface area contributed by atoms with E-state index in [4.69, 9.17) is 11.0 Å². The van der Waals surface area contributed by atoms with Gasteiger partial charge in [0.25, 0.3) is 0 Å². The van der Waals surface area contributed by atoms with Gasteiger partial charge in [-0.15, -0.1) is 0 Å². The minimum atomic E-state index is 0.674. The van der Waals surface area contributed by atoms with Crippen LogP contribution in [0, 0.1) is 11.3 Å². The second-order valence-corrected chi connectivity index (χ2v) is 4.31. The molecule has 1 heterocycles. The lowest BCUT2D eigenvalue weighted by molar-refractivity contribution is 0.195. The van der Waals surface area contributed by atoms with Crippen molar-refractivity contribution >= 4 is 0 Å². The second kappa shape index (κ2) is 4.02. The van der Waals surface area contributed by atoms with Crippen LogP contribution >= 0.6 is 0 Å². The van der Waals surface area contributed by atoms with E-state index in [2.05, 4.69) is 11.0 Å². The Morgan fingerprint density at radius 1 is 1.21 bits per heavy atom. The molecule has 0 unspecified atom stereocenters. The standard InChI is InChI=1S/C11H17N3/c12-6-9-7-14(8-11(9)13)10-4-2-1-3-5-10/h10H,1-5,7-8,13H2. The smallest absolute Gasteiger partial charge is 0.0979 e. The molecule has 76 valence electrons. The highest BCUT2D eigenvalue weighted by Gasteiger charge is 2.27. The maximum absolute atomic E-state index is 8.84. The van der Waals surface area contributed by atoms with Crippen LogP contribution in [0.2, 0.25) is 0 Å². The molecular weight excluding hydrogens is 174 g/mol. The van der Waals surface area contributed by atoms with Gasteiger partial charge in [0.1, 0.15) is 0 Å². The normalized spacial score (nSPS) is 25.4. The first kappa shape index (κ1) is 9.54. The van der Waals surface area contributed by atoms with Gasteiger partial charge in [0.15, 0.2) is 0 Å². The molecule has 2 aliphatic rings. The molecule has 2 N–H and O–H groups in total. The van der Waals surface area contributed by atoms with Crippen molar-refractivity contribution in [1.82, 2.24) is 4.90 Å². The van der Waals surface area contributed by atoms with Crippen LogP contribution in [0.25, 0.3) is 0 Å². The summed E-state index contributed by atoms with van der Waals surface area (Å²) < 4.78 is 0. The predicted octanol–water partition coefficient (Wildman–Crippen LogP) is 1.37. The third kappa shape index (κ3) is 1.76. The van der Waals surface area contributed by atoms with E-state index in [-0.39, 0.29) is 0 Å². The van der Waals surface area contributed by atoms with Crippen LogP contribution in [0.1, 0.15) is 32.1 Å². The summed E-state index contributed by atoms with van der Waals surface area (Å²) in [4.78, 5) is 2.37. The van der Waals surface area contributed by atoms with Gasteiger partial charge in [0.2, 0.25) is 0 Å². The number of nitrogens with two attached hydrogens (primary N) is 1. The summed E-state index contributed by atoms with van der Waals surface area (Å²) >= 11 is 0. The van der Waals surface area contributed by atoms with Crippen molar-refractivity contribution in [3.05, 3.63) is 11.3 Å². The molecule has 0 radical (unpaired) electrons. The summed E-state index contributed by atoms with van der Waals surface area (Å²) in [6.45, 7) is 1.60. The van der Waals surface area contributed by atoms with E-state index in [0.717, 1.165) is 24.4 Å². The molecule has 1 saturated carbocycles. The predicted molar refractivity (Wildman–Crippen MR) is 55.3 cm³/mol. The summed E-state index contributed by atoms with van der Waals surface area (Å²) in [6.07, 6.45) is 6.61. The quantitative estimate of drug-likeness (QED) is 0.681. The van der Waals surface area contributed by atoms with Crippen LogP contribution in [0.3, 0.4) is 0 Å². The maximum atomic E-state index is 8.84. The second-order valence-electron chi connectivity index (χ2n) is 4.31. The average molecular weight is 191 g/mol. The third-order valence-electron chi connectivity index (χ3n) is 3.35. The van der Waals surface area contributed by atoms with Crippen LogP contribution in [-0.4, -0.2) is 24.0 Å². The molecule has 2 rings (SSSR count). The molecule has 0 aromatic carbocycles. The van der Waals surface area contributed by atoms with E-state index in [0.29, 0.717) is 6.04 Å². The number of nitriles is 1. The summed E-state index contributed by atoms with van der Waals surface area (Å²) in [5, 5.41) is 8.84. The highest BCUT2D eigenvalue weighted by atomic mass is 15.2. The van der Waals surface area contributed by atoms with Gasteiger partial charge in [0.05, 0.1) is 11.6 Å². The van der Waals surface area contributed by atoms with E-state index in [1.807, 2.05) is 0 Å². The van der Waals surface area contributed by atoms with Crippen molar-refractivity contribution in [3.8, 4) is 6.07 Å². The van der Waals surface area contributed by atoms with Crippen molar-refractivity contribution in [2.45, 2.75) is 38.1 Å². The summed E-state index contributed by atoms with van der Waals surface area (Å²) in [6, 6.07) is 2.87. The number of rotatable bonds is 1. The maximum Gasteiger partial charge on any atom is 0.0979 e. The molecule has 1 aliphatic heterocycles. The van der Waals surface area contributed by atoms with Gasteiger partial charge in [0, 0.05) is 24.8 Å². The Bertz CT molecular complexity index is 281. The molecule has 3 nitrogen and oxygen atoms in total. The van der Waals surface area contributed by atoms with Gasteiger partial charge in [-0.3, -0.25) is 4.90 Å². The van der Waals surface area contributed by atoms with Crippen molar-refractivity contribution in [1.29, 1.82) is 5.26 Å². The Kier molecular flexibility index (Phi) is 2.74. The zero-order chi connectivity index (χ0) is 9.97. The molecule has 3 heteroatoms. The van der Waals surface area contributed by atoms with Gasteiger partial charge in [-0.25, -0.2) is 0 Å². The fourth-order valence-corrected chi connectivity index (χ4v) is 2.49. The van der Waals surface area contributed by atoms with Crippen LogP contribution in [0.5, 0.6) is 0 Å². The van der Waals surface area contributed by atoms with Gasteiger partial charge in [-0.2, -0.15) is 5.26 Å². The van der Waals surface area contributed by atoms with E-state index >= 15 is 0 Å². The molecule has 0 aromatic heterocycles. The van der Waals surface area contributed by atoms with E-state index in [9.17, 15) is 0 Å². The third-order valence-corrected chi connectivity index (χ3v) is 3.35. The van der Waals surface area contributed by atoms with Gasteiger partial charge in [-0.1, -0.05) is 19.3 Å². The van der Waals surface area contributed by atoms with E-state index in [1.54, 1.807) is 0 Å². The first-order chi connectivity index (χ1) is 6.81. The lowest BCUT2D eigenvalue weighted by Gasteiger charge is -2.30. The van der Waals surface area contributed by atoms with E-state index < -0.39 is 0 Å². The van der Waals surface area contributed by atoms with Crippen molar-refractivity contribution in [3.63, 3.8) is 0 Å². The van der Waals surface area contributed by atoms with Gasteiger partial charge < -0.3 is 5.73 Å². The molecule has 14 heavy (non-hydrogen) atoms. The summed E-state index contributed by atoms with van der Waals surface area (Å²) in [7, 11) is 0. The number of hydrogen-bond acceptors (Lipinski definition) is 3. The Morgan fingerprint density at radius 2 is 1.93 bits per heavy atom. The van der Waals surface area contributed by atoms with Crippen LogP contribution in [-0.2, 0) is 0 Å². The van der Waals surface area contributed by atoms with Gasteiger partial charge >= 0.3 is 0 Å². The van der Waals surface area contributed by atoms with Crippen molar-refractivity contribution < 1.29 is 0 Å². The number of nitrogens with zero attached hydrogens (tertiary/aromatic N) is 2.